The lowest BCUT2D eigenvalue weighted by Crippen LogP contribution is -2.24. The van der Waals surface area contributed by atoms with Crippen LogP contribution >= 0.6 is 0 Å². The zero-order chi connectivity index (χ0) is 9.40. The van der Waals surface area contributed by atoms with Crippen LogP contribution in [0, 0.1) is 5.92 Å². The van der Waals surface area contributed by atoms with E-state index in [1.54, 1.807) is 7.11 Å². The molecule has 0 radical (unpaired) electrons. The smallest absolute Gasteiger partial charge is 0.0488 e. The third-order valence-electron chi connectivity index (χ3n) is 1.90. The van der Waals surface area contributed by atoms with Crippen LogP contribution in [0.15, 0.2) is 12.7 Å². The molecule has 0 rings (SSSR count). The van der Waals surface area contributed by atoms with Crippen molar-refractivity contribution in [3.63, 3.8) is 0 Å². The number of rotatable bonds is 7. The van der Waals surface area contributed by atoms with Gasteiger partial charge in [-0.25, -0.2) is 0 Å². The van der Waals surface area contributed by atoms with E-state index in [9.17, 15) is 0 Å². The van der Waals surface area contributed by atoms with Crippen LogP contribution in [0.1, 0.15) is 26.2 Å². The topological polar surface area (TPSA) is 35.2 Å². The van der Waals surface area contributed by atoms with E-state index in [1.807, 2.05) is 6.08 Å². The maximum Gasteiger partial charge on any atom is 0.0488 e. The maximum absolute atomic E-state index is 5.89. The zero-order valence-corrected chi connectivity index (χ0v) is 8.25. The van der Waals surface area contributed by atoms with Gasteiger partial charge in [-0.2, -0.15) is 0 Å². The lowest BCUT2D eigenvalue weighted by Gasteiger charge is -2.15. The van der Waals surface area contributed by atoms with E-state index in [0.717, 1.165) is 25.9 Å². The van der Waals surface area contributed by atoms with Crippen molar-refractivity contribution in [3.05, 3.63) is 12.7 Å². The van der Waals surface area contributed by atoms with Gasteiger partial charge >= 0.3 is 0 Å². The van der Waals surface area contributed by atoms with E-state index in [1.165, 1.54) is 0 Å². The number of ether oxygens (including phenoxy) is 1. The van der Waals surface area contributed by atoms with Crippen LogP contribution in [0.3, 0.4) is 0 Å². The standard InChI is InChI=1S/C10H21NO/c1-4-5-6-10(11)7-9(2)8-12-3/h4,9-10H,1,5-8,11H2,2-3H3. The number of nitrogens with two attached hydrogens (primary N) is 1. The summed E-state index contributed by atoms with van der Waals surface area (Å²) in [6.07, 6.45) is 5.01. The zero-order valence-electron chi connectivity index (χ0n) is 8.25. The fourth-order valence-electron chi connectivity index (χ4n) is 1.32. The van der Waals surface area contributed by atoms with Crippen molar-refractivity contribution < 1.29 is 4.74 Å². The highest BCUT2D eigenvalue weighted by molar-refractivity contribution is 4.72. The molecule has 0 aliphatic carbocycles. The molecule has 0 heterocycles. The highest BCUT2D eigenvalue weighted by Gasteiger charge is 2.07. The second-order valence-corrected chi connectivity index (χ2v) is 3.42. The van der Waals surface area contributed by atoms with E-state index in [0.29, 0.717) is 12.0 Å². The summed E-state index contributed by atoms with van der Waals surface area (Å²) < 4.78 is 5.03. The van der Waals surface area contributed by atoms with Gasteiger partial charge in [-0.3, -0.25) is 0 Å². The monoisotopic (exact) mass is 171 g/mol. The first-order valence-electron chi connectivity index (χ1n) is 4.56. The molecule has 2 heteroatoms. The Balaban J connectivity index is 3.39. The molecule has 2 nitrogen and oxygen atoms in total. The summed E-state index contributed by atoms with van der Waals surface area (Å²) in [5, 5.41) is 0. The first kappa shape index (κ1) is 11.7. The molecule has 0 bridgehead atoms. The molecule has 0 aromatic rings. The average molecular weight is 171 g/mol. The Labute approximate surface area is 75.8 Å². The minimum Gasteiger partial charge on any atom is -0.384 e. The maximum atomic E-state index is 5.89. The summed E-state index contributed by atoms with van der Waals surface area (Å²) in [6, 6.07) is 0.299. The van der Waals surface area contributed by atoms with Crippen molar-refractivity contribution >= 4 is 0 Å². The molecule has 0 aliphatic heterocycles. The molecule has 0 saturated carbocycles. The molecule has 2 unspecified atom stereocenters. The van der Waals surface area contributed by atoms with Gasteiger partial charge in [0.1, 0.15) is 0 Å². The molecule has 0 aromatic heterocycles. The lowest BCUT2D eigenvalue weighted by molar-refractivity contribution is 0.151. The van der Waals surface area contributed by atoms with Gasteiger partial charge in [0.05, 0.1) is 0 Å². The molecule has 0 spiro atoms. The lowest BCUT2D eigenvalue weighted by atomic mass is 10.00. The fourth-order valence-corrected chi connectivity index (χ4v) is 1.32. The first-order chi connectivity index (χ1) is 5.70. The van der Waals surface area contributed by atoms with E-state index in [2.05, 4.69) is 13.5 Å². The molecule has 2 N–H and O–H groups in total. The van der Waals surface area contributed by atoms with Crippen LogP contribution in [0.25, 0.3) is 0 Å². The second kappa shape index (κ2) is 7.32. The molecule has 72 valence electrons. The Bertz CT molecular complexity index is 114. The molecule has 0 aliphatic rings. The molecule has 12 heavy (non-hydrogen) atoms. The summed E-state index contributed by atoms with van der Waals surface area (Å²) in [7, 11) is 1.73. The van der Waals surface area contributed by atoms with E-state index in [4.69, 9.17) is 10.5 Å². The molecule has 0 fully saturated rings. The van der Waals surface area contributed by atoms with Gasteiger partial charge in [0.15, 0.2) is 0 Å². The van der Waals surface area contributed by atoms with Crippen LogP contribution in [0.4, 0.5) is 0 Å². The number of hydrogen-bond donors (Lipinski definition) is 1. The van der Waals surface area contributed by atoms with Crippen molar-refractivity contribution in [1.82, 2.24) is 0 Å². The van der Waals surface area contributed by atoms with Gasteiger partial charge < -0.3 is 10.5 Å². The molecular weight excluding hydrogens is 150 g/mol. The number of allylic oxidation sites excluding steroid dienone is 1. The van der Waals surface area contributed by atoms with Crippen molar-refractivity contribution in [2.75, 3.05) is 13.7 Å². The van der Waals surface area contributed by atoms with Crippen LogP contribution in [0.2, 0.25) is 0 Å². The predicted octanol–water partition coefficient (Wildman–Crippen LogP) is 1.95. The van der Waals surface area contributed by atoms with E-state index in [-0.39, 0.29) is 0 Å². The van der Waals surface area contributed by atoms with E-state index >= 15 is 0 Å². The minimum atomic E-state index is 0.299. The summed E-state index contributed by atoms with van der Waals surface area (Å²) in [6.45, 7) is 6.64. The van der Waals surface area contributed by atoms with Crippen LogP contribution in [0.5, 0.6) is 0 Å². The molecule has 0 aromatic carbocycles. The van der Waals surface area contributed by atoms with Gasteiger partial charge in [0.2, 0.25) is 0 Å². The minimum absolute atomic E-state index is 0.299. The SMILES string of the molecule is C=CCCC(N)CC(C)COC. The predicted molar refractivity (Wildman–Crippen MR) is 53.1 cm³/mol. The van der Waals surface area contributed by atoms with Gasteiger partial charge in [0.25, 0.3) is 0 Å². The van der Waals surface area contributed by atoms with Crippen molar-refractivity contribution in [2.24, 2.45) is 11.7 Å². The van der Waals surface area contributed by atoms with Crippen LogP contribution < -0.4 is 5.73 Å². The Kier molecular flexibility index (Phi) is 7.11. The molecule has 0 saturated heterocycles. The molecule has 2 atom stereocenters. The summed E-state index contributed by atoms with van der Waals surface area (Å²) in [5.74, 6) is 0.565. The largest absolute Gasteiger partial charge is 0.384 e. The number of methoxy groups -OCH3 is 1. The third kappa shape index (κ3) is 6.38. The second-order valence-electron chi connectivity index (χ2n) is 3.42. The highest BCUT2D eigenvalue weighted by atomic mass is 16.5. The Morgan fingerprint density at radius 3 is 2.75 bits per heavy atom. The Hall–Kier alpha value is -0.340. The normalized spacial score (nSPS) is 15.6. The van der Waals surface area contributed by atoms with Crippen LogP contribution in [-0.4, -0.2) is 19.8 Å². The highest BCUT2D eigenvalue weighted by Crippen LogP contribution is 2.08. The Morgan fingerprint density at radius 2 is 2.25 bits per heavy atom. The van der Waals surface area contributed by atoms with Gasteiger partial charge in [0, 0.05) is 19.8 Å². The fraction of sp³-hybridized carbons (Fsp3) is 0.800. The quantitative estimate of drug-likeness (QED) is 0.594. The average Bonchev–Trinajstić information content (AvgIpc) is 2.01. The Morgan fingerprint density at radius 1 is 1.58 bits per heavy atom. The van der Waals surface area contributed by atoms with Gasteiger partial charge in [-0.1, -0.05) is 13.0 Å². The van der Waals surface area contributed by atoms with Crippen molar-refractivity contribution in [1.29, 1.82) is 0 Å². The summed E-state index contributed by atoms with van der Waals surface area (Å²) in [5.41, 5.74) is 5.89. The van der Waals surface area contributed by atoms with Crippen molar-refractivity contribution in [2.45, 2.75) is 32.2 Å². The van der Waals surface area contributed by atoms with E-state index < -0.39 is 0 Å². The first-order valence-corrected chi connectivity index (χ1v) is 4.56. The van der Waals surface area contributed by atoms with Gasteiger partial charge in [-0.05, 0) is 25.2 Å². The molecule has 0 amide bonds. The molecular formula is C10H21NO. The van der Waals surface area contributed by atoms with Crippen LogP contribution in [-0.2, 0) is 4.74 Å². The number of hydrogen-bond acceptors (Lipinski definition) is 2. The third-order valence-corrected chi connectivity index (χ3v) is 1.90. The summed E-state index contributed by atoms with van der Waals surface area (Å²) >= 11 is 0. The van der Waals surface area contributed by atoms with Crippen molar-refractivity contribution in [3.8, 4) is 0 Å². The van der Waals surface area contributed by atoms with Gasteiger partial charge in [-0.15, -0.1) is 6.58 Å². The summed E-state index contributed by atoms with van der Waals surface area (Å²) in [4.78, 5) is 0.